The van der Waals surface area contributed by atoms with Crippen molar-refractivity contribution in [3.05, 3.63) is 36.0 Å². The Hall–Kier alpha value is -0.780. The normalized spacial score (nSPS) is 22.4. The van der Waals surface area contributed by atoms with Crippen molar-refractivity contribution in [3.63, 3.8) is 0 Å². The minimum absolute atomic E-state index is 0.565. The molecule has 14 heavy (non-hydrogen) atoms. The molecule has 1 fully saturated rings. The van der Waals surface area contributed by atoms with Crippen molar-refractivity contribution in [2.24, 2.45) is 11.3 Å². The Morgan fingerprint density at radius 1 is 1.29 bits per heavy atom. The molecule has 0 N–H and O–H groups in total. The summed E-state index contributed by atoms with van der Waals surface area (Å²) in [6.07, 6.45) is 9.22. The van der Waals surface area contributed by atoms with E-state index in [1.807, 2.05) is 6.92 Å². The van der Waals surface area contributed by atoms with Crippen molar-refractivity contribution in [2.45, 2.75) is 40.5 Å². The quantitative estimate of drug-likeness (QED) is 0.575. The Kier molecular flexibility index (Phi) is 3.36. The van der Waals surface area contributed by atoms with Gasteiger partial charge in [0.1, 0.15) is 0 Å². The van der Waals surface area contributed by atoms with Gasteiger partial charge < -0.3 is 0 Å². The molecule has 1 saturated carbocycles. The lowest BCUT2D eigenvalue weighted by Crippen LogP contribution is -2.32. The summed E-state index contributed by atoms with van der Waals surface area (Å²) in [5.41, 5.74) is 3.17. The fraction of sp³-hybridized carbons (Fsp3) is 0.571. The maximum atomic E-state index is 3.88. The summed E-state index contributed by atoms with van der Waals surface area (Å²) in [4.78, 5) is 0. The van der Waals surface area contributed by atoms with Gasteiger partial charge in [0.2, 0.25) is 0 Å². The lowest BCUT2D eigenvalue weighted by Gasteiger charge is -2.43. The minimum atomic E-state index is 0.565. The minimum Gasteiger partial charge on any atom is -0.0961 e. The van der Waals surface area contributed by atoms with Crippen molar-refractivity contribution in [1.29, 1.82) is 0 Å². The molecule has 1 rings (SSSR count). The van der Waals surface area contributed by atoms with Gasteiger partial charge in [-0.05, 0) is 43.6 Å². The van der Waals surface area contributed by atoms with E-state index in [-0.39, 0.29) is 0 Å². The molecular formula is C14H22. The second-order valence-electron chi connectivity index (χ2n) is 5.24. The maximum Gasteiger partial charge on any atom is -0.0155 e. The van der Waals surface area contributed by atoms with Gasteiger partial charge in [0, 0.05) is 0 Å². The van der Waals surface area contributed by atoms with Crippen LogP contribution >= 0.6 is 0 Å². The lowest BCUT2D eigenvalue weighted by atomic mass is 9.62. The molecule has 0 heteroatoms. The smallest absolute Gasteiger partial charge is 0.0155 e. The summed E-state index contributed by atoms with van der Waals surface area (Å²) in [6.45, 7) is 12.7. The molecule has 0 bridgehead atoms. The molecule has 0 radical (unpaired) electrons. The van der Waals surface area contributed by atoms with Crippen LogP contribution in [0.2, 0.25) is 0 Å². The van der Waals surface area contributed by atoms with E-state index in [1.165, 1.54) is 18.4 Å². The number of allylic oxidation sites excluding steroid dienone is 5. The standard InChI is InChI=1S/C14H22/c1-6-12(8-7-11(2)3)13-9-14(4,5)10-13/h6-8,13H,2,9-10H2,1,3-5H3/b8-7-,12-6+. The van der Waals surface area contributed by atoms with Crippen LogP contribution in [-0.4, -0.2) is 0 Å². The molecule has 0 heterocycles. The monoisotopic (exact) mass is 190 g/mol. The van der Waals surface area contributed by atoms with Crippen LogP contribution in [0.4, 0.5) is 0 Å². The third-order valence-corrected chi connectivity index (χ3v) is 2.96. The average molecular weight is 190 g/mol. The second kappa shape index (κ2) is 4.16. The van der Waals surface area contributed by atoms with Gasteiger partial charge in [-0.1, -0.05) is 44.2 Å². The lowest BCUT2D eigenvalue weighted by molar-refractivity contribution is 0.125. The first-order chi connectivity index (χ1) is 6.44. The second-order valence-corrected chi connectivity index (χ2v) is 5.24. The van der Waals surface area contributed by atoms with Crippen LogP contribution in [0.1, 0.15) is 40.5 Å². The van der Waals surface area contributed by atoms with Gasteiger partial charge in [0.25, 0.3) is 0 Å². The first-order valence-corrected chi connectivity index (χ1v) is 5.44. The van der Waals surface area contributed by atoms with Crippen molar-refractivity contribution in [3.8, 4) is 0 Å². The van der Waals surface area contributed by atoms with Crippen molar-refractivity contribution < 1.29 is 0 Å². The molecule has 0 unspecified atom stereocenters. The fourth-order valence-electron chi connectivity index (χ4n) is 2.22. The van der Waals surface area contributed by atoms with Gasteiger partial charge >= 0.3 is 0 Å². The average Bonchev–Trinajstić information content (AvgIpc) is 2.01. The number of hydrogen-bond acceptors (Lipinski definition) is 0. The largest absolute Gasteiger partial charge is 0.0961 e. The first kappa shape index (κ1) is 11.3. The van der Waals surface area contributed by atoms with E-state index in [1.54, 1.807) is 0 Å². The summed E-state index contributed by atoms with van der Waals surface area (Å²) in [6, 6.07) is 0. The first-order valence-electron chi connectivity index (χ1n) is 5.44. The van der Waals surface area contributed by atoms with Crippen LogP contribution < -0.4 is 0 Å². The Bertz CT molecular complexity index is 268. The molecule has 0 amide bonds. The Labute approximate surface area is 88.4 Å². The molecule has 0 aliphatic heterocycles. The van der Waals surface area contributed by atoms with E-state index >= 15 is 0 Å². The van der Waals surface area contributed by atoms with Crippen LogP contribution in [-0.2, 0) is 0 Å². The van der Waals surface area contributed by atoms with Crippen LogP contribution in [0, 0.1) is 11.3 Å². The van der Waals surface area contributed by atoms with E-state index < -0.39 is 0 Å². The SMILES string of the molecule is C=C(C)/C=C\C(=C/C)C1CC(C)(C)C1. The summed E-state index contributed by atoms with van der Waals surface area (Å²) in [7, 11) is 0. The van der Waals surface area contributed by atoms with Gasteiger partial charge in [-0.2, -0.15) is 0 Å². The van der Waals surface area contributed by atoms with E-state index in [9.17, 15) is 0 Å². The molecule has 1 aliphatic rings. The van der Waals surface area contributed by atoms with Gasteiger partial charge in [-0.15, -0.1) is 0 Å². The van der Waals surface area contributed by atoms with E-state index in [2.05, 4.69) is 45.6 Å². The molecule has 0 aromatic rings. The molecule has 78 valence electrons. The van der Waals surface area contributed by atoms with Gasteiger partial charge in [0.15, 0.2) is 0 Å². The molecule has 0 aromatic carbocycles. The van der Waals surface area contributed by atoms with Crippen LogP contribution in [0.25, 0.3) is 0 Å². The van der Waals surface area contributed by atoms with Crippen molar-refractivity contribution in [1.82, 2.24) is 0 Å². The molecular weight excluding hydrogens is 168 g/mol. The van der Waals surface area contributed by atoms with Crippen LogP contribution in [0.15, 0.2) is 36.0 Å². The van der Waals surface area contributed by atoms with E-state index in [4.69, 9.17) is 0 Å². The molecule has 0 atom stereocenters. The van der Waals surface area contributed by atoms with Crippen molar-refractivity contribution >= 4 is 0 Å². The number of hydrogen-bond donors (Lipinski definition) is 0. The summed E-state index contributed by atoms with van der Waals surface area (Å²) >= 11 is 0. The highest BCUT2D eigenvalue weighted by Gasteiger charge is 2.36. The Morgan fingerprint density at radius 2 is 1.86 bits per heavy atom. The Balaban J connectivity index is 2.55. The molecule has 0 saturated heterocycles. The van der Waals surface area contributed by atoms with Crippen molar-refractivity contribution in [2.75, 3.05) is 0 Å². The van der Waals surface area contributed by atoms with Gasteiger partial charge in [0.05, 0.1) is 0 Å². The van der Waals surface area contributed by atoms with Crippen LogP contribution in [0.5, 0.6) is 0 Å². The molecule has 0 nitrogen and oxygen atoms in total. The molecule has 0 spiro atoms. The highest BCUT2D eigenvalue weighted by Crippen LogP contribution is 2.48. The van der Waals surface area contributed by atoms with Crippen LogP contribution in [0.3, 0.4) is 0 Å². The molecule has 0 aromatic heterocycles. The van der Waals surface area contributed by atoms with E-state index in [0.717, 1.165) is 11.5 Å². The highest BCUT2D eigenvalue weighted by molar-refractivity contribution is 5.28. The topological polar surface area (TPSA) is 0 Å². The van der Waals surface area contributed by atoms with Gasteiger partial charge in [-0.25, -0.2) is 0 Å². The number of rotatable bonds is 3. The Morgan fingerprint density at radius 3 is 2.21 bits per heavy atom. The highest BCUT2D eigenvalue weighted by atomic mass is 14.4. The zero-order chi connectivity index (χ0) is 10.8. The third-order valence-electron chi connectivity index (χ3n) is 2.96. The van der Waals surface area contributed by atoms with E-state index in [0.29, 0.717) is 5.41 Å². The predicted molar refractivity (Wildman–Crippen MR) is 64.2 cm³/mol. The third kappa shape index (κ3) is 2.87. The maximum absolute atomic E-state index is 3.88. The summed E-state index contributed by atoms with van der Waals surface area (Å²) < 4.78 is 0. The predicted octanol–water partition coefficient (Wildman–Crippen LogP) is 4.50. The zero-order valence-electron chi connectivity index (χ0n) is 9.93. The summed E-state index contributed by atoms with van der Waals surface area (Å²) in [5, 5.41) is 0. The summed E-state index contributed by atoms with van der Waals surface area (Å²) in [5.74, 6) is 0.783. The van der Waals surface area contributed by atoms with Gasteiger partial charge in [-0.3, -0.25) is 0 Å². The fourth-order valence-corrected chi connectivity index (χ4v) is 2.22. The molecule has 1 aliphatic carbocycles. The zero-order valence-corrected chi connectivity index (χ0v) is 9.93.